The van der Waals surface area contributed by atoms with Gasteiger partial charge < -0.3 is 14.5 Å². The molecule has 0 aromatic heterocycles. The molecule has 4 rings (SSSR count). The van der Waals surface area contributed by atoms with Crippen molar-refractivity contribution in [1.82, 2.24) is 0 Å². The Morgan fingerprint density at radius 2 is 1.40 bits per heavy atom. The normalized spacial score (nSPS) is 14.2. The zero-order chi connectivity index (χ0) is 21.3. The molecule has 1 fully saturated rings. The molecule has 1 aliphatic heterocycles. The number of anilines is 2. The number of nitro benzene ring substituents is 1. The minimum Gasteiger partial charge on any atom is -0.496 e. The molecule has 8 heteroatoms. The highest BCUT2D eigenvalue weighted by atomic mass is 35.5. The molecule has 0 radical (unpaired) electrons. The second-order valence-corrected chi connectivity index (χ2v) is 7.77. The summed E-state index contributed by atoms with van der Waals surface area (Å²) in [4.78, 5) is 15.4. The highest BCUT2D eigenvalue weighted by Gasteiger charge is 2.36. The molecule has 30 heavy (non-hydrogen) atoms. The molecule has 0 saturated carbocycles. The van der Waals surface area contributed by atoms with Crippen molar-refractivity contribution in [3.8, 4) is 5.75 Å². The third-order valence-electron chi connectivity index (χ3n) is 5.19. The summed E-state index contributed by atoms with van der Waals surface area (Å²) in [6, 6.07) is 19.8. The van der Waals surface area contributed by atoms with E-state index < -0.39 is 4.92 Å². The first kappa shape index (κ1) is 20.3. The maximum atomic E-state index is 11.5. The summed E-state index contributed by atoms with van der Waals surface area (Å²) in [6.45, 7) is 1.45. The lowest BCUT2D eigenvalue weighted by atomic mass is 10.1. The van der Waals surface area contributed by atoms with Gasteiger partial charge in [-0.15, -0.1) is 0 Å². The number of ether oxygens (including phenoxy) is 1. The van der Waals surface area contributed by atoms with Crippen LogP contribution in [0.15, 0.2) is 66.7 Å². The molecule has 0 spiro atoms. The van der Waals surface area contributed by atoms with Crippen molar-refractivity contribution in [1.29, 1.82) is 0 Å². The van der Waals surface area contributed by atoms with E-state index in [1.54, 1.807) is 19.2 Å². The summed E-state index contributed by atoms with van der Waals surface area (Å²) < 4.78 is 5.58. The van der Waals surface area contributed by atoms with Crippen molar-refractivity contribution in [2.45, 2.75) is 6.17 Å². The predicted octanol–water partition coefficient (Wildman–Crippen LogP) is 5.94. The standard InChI is InChI=1S/C22H19Cl2N3O3/c1-30-21-11-10-19(27(28)29)14-20(21)22-25(17-6-2-15(23)3-7-17)12-13-26(22)18-8-4-16(24)5-9-18/h2-11,14,22H,12-13H2,1H3. The Bertz CT molecular complexity index is 1000. The van der Waals surface area contributed by atoms with Gasteiger partial charge in [0.25, 0.3) is 5.69 Å². The molecule has 0 N–H and O–H groups in total. The second-order valence-electron chi connectivity index (χ2n) is 6.90. The molecule has 0 aliphatic carbocycles. The minimum atomic E-state index is -0.392. The fourth-order valence-corrected chi connectivity index (χ4v) is 4.06. The number of hydrogen-bond acceptors (Lipinski definition) is 5. The van der Waals surface area contributed by atoms with E-state index in [1.165, 1.54) is 6.07 Å². The summed E-state index contributed by atoms with van der Waals surface area (Å²) in [6.07, 6.45) is -0.304. The summed E-state index contributed by atoms with van der Waals surface area (Å²) in [5.74, 6) is 0.588. The molecule has 3 aromatic carbocycles. The van der Waals surface area contributed by atoms with E-state index in [4.69, 9.17) is 27.9 Å². The first-order valence-corrected chi connectivity index (χ1v) is 10.1. The molecular weight excluding hydrogens is 425 g/mol. The van der Waals surface area contributed by atoms with Gasteiger partial charge in [0.05, 0.1) is 12.0 Å². The van der Waals surface area contributed by atoms with Crippen LogP contribution in [0.5, 0.6) is 5.75 Å². The molecule has 0 atom stereocenters. The summed E-state index contributed by atoms with van der Waals surface area (Å²) in [5.41, 5.74) is 2.67. The van der Waals surface area contributed by atoms with Crippen LogP contribution in [0.25, 0.3) is 0 Å². The Kier molecular flexibility index (Phi) is 5.70. The monoisotopic (exact) mass is 443 g/mol. The molecular formula is C22H19Cl2N3O3. The van der Waals surface area contributed by atoms with Crippen molar-refractivity contribution in [3.05, 3.63) is 92.5 Å². The quantitative estimate of drug-likeness (QED) is 0.360. The number of rotatable bonds is 5. The van der Waals surface area contributed by atoms with Crippen LogP contribution in [-0.2, 0) is 0 Å². The average Bonchev–Trinajstić information content (AvgIpc) is 3.19. The van der Waals surface area contributed by atoms with Crippen LogP contribution < -0.4 is 14.5 Å². The average molecular weight is 444 g/mol. The molecule has 1 heterocycles. The Labute approximate surface area is 184 Å². The molecule has 0 bridgehead atoms. The summed E-state index contributed by atoms with van der Waals surface area (Å²) >= 11 is 12.2. The summed E-state index contributed by atoms with van der Waals surface area (Å²) in [7, 11) is 1.57. The van der Waals surface area contributed by atoms with E-state index in [1.807, 2.05) is 48.5 Å². The molecule has 0 amide bonds. The van der Waals surface area contributed by atoms with E-state index in [0.717, 1.165) is 24.5 Å². The Balaban J connectivity index is 1.85. The van der Waals surface area contributed by atoms with Gasteiger partial charge in [0.15, 0.2) is 0 Å². The predicted molar refractivity (Wildman–Crippen MR) is 120 cm³/mol. The lowest BCUT2D eigenvalue weighted by Crippen LogP contribution is -2.31. The van der Waals surface area contributed by atoms with Crippen molar-refractivity contribution < 1.29 is 9.66 Å². The fourth-order valence-electron chi connectivity index (χ4n) is 3.81. The van der Waals surface area contributed by atoms with Crippen molar-refractivity contribution in [2.75, 3.05) is 30.0 Å². The maximum absolute atomic E-state index is 11.5. The molecule has 1 aliphatic rings. The highest BCUT2D eigenvalue weighted by Crippen LogP contribution is 2.42. The number of hydrogen-bond donors (Lipinski definition) is 0. The van der Waals surface area contributed by atoms with Gasteiger partial charge in [-0.05, 0) is 54.6 Å². The zero-order valence-electron chi connectivity index (χ0n) is 16.2. The Morgan fingerprint density at radius 3 is 1.83 bits per heavy atom. The van der Waals surface area contributed by atoms with Gasteiger partial charge in [-0.25, -0.2) is 0 Å². The first-order valence-electron chi connectivity index (χ1n) is 9.34. The van der Waals surface area contributed by atoms with E-state index >= 15 is 0 Å². The van der Waals surface area contributed by atoms with E-state index in [0.29, 0.717) is 21.4 Å². The fraction of sp³-hybridized carbons (Fsp3) is 0.182. The molecule has 1 saturated heterocycles. The Morgan fingerprint density at radius 1 is 0.900 bits per heavy atom. The van der Waals surface area contributed by atoms with Crippen LogP contribution in [0.3, 0.4) is 0 Å². The van der Waals surface area contributed by atoms with Crippen LogP contribution in [0.2, 0.25) is 10.0 Å². The van der Waals surface area contributed by atoms with E-state index in [2.05, 4.69) is 9.80 Å². The van der Waals surface area contributed by atoms with Crippen LogP contribution in [0.4, 0.5) is 17.1 Å². The van der Waals surface area contributed by atoms with Gasteiger partial charge in [0.2, 0.25) is 0 Å². The SMILES string of the molecule is COc1ccc([N+](=O)[O-])cc1C1N(c2ccc(Cl)cc2)CCN1c1ccc(Cl)cc1. The van der Waals surface area contributed by atoms with E-state index in [9.17, 15) is 10.1 Å². The molecule has 154 valence electrons. The van der Waals surface area contributed by atoms with Crippen LogP contribution in [0.1, 0.15) is 11.7 Å². The second kappa shape index (κ2) is 8.42. The molecule has 3 aromatic rings. The first-order chi connectivity index (χ1) is 14.5. The Hall–Kier alpha value is -2.96. The van der Waals surface area contributed by atoms with Gasteiger partial charge in [0, 0.05) is 52.2 Å². The lowest BCUT2D eigenvalue weighted by molar-refractivity contribution is -0.384. The van der Waals surface area contributed by atoms with Crippen LogP contribution >= 0.6 is 23.2 Å². The van der Waals surface area contributed by atoms with Crippen molar-refractivity contribution in [2.24, 2.45) is 0 Å². The van der Waals surface area contributed by atoms with Gasteiger partial charge in [-0.1, -0.05) is 23.2 Å². The van der Waals surface area contributed by atoms with Gasteiger partial charge >= 0.3 is 0 Å². The number of methoxy groups -OCH3 is 1. The third kappa shape index (κ3) is 3.88. The number of benzene rings is 3. The molecule has 0 unspecified atom stereocenters. The largest absolute Gasteiger partial charge is 0.496 e. The topological polar surface area (TPSA) is 58.9 Å². The van der Waals surface area contributed by atoms with E-state index in [-0.39, 0.29) is 11.9 Å². The van der Waals surface area contributed by atoms with Crippen molar-refractivity contribution in [3.63, 3.8) is 0 Å². The highest BCUT2D eigenvalue weighted by molar-refractivity contribution is 6.30. The van der Waals surface area contributed by atoms with Gasteiger partial charge in [0.1, 0.15) is 11.9 Å². The number of halogens is 2. The third-order valence-corrected chi connectivity index (χ3v) is 5.70. The molecule has 6 nitrogen and oxygen atoms in total. The number of nitrogens with zero attached hydrogens (tertiary/aromatic N) is 3. The number of non-ortho nitro benzene ring substituents is 1. The zero-order valence-corrected chi connectivity index (χ0v) is 17.7. The summed E-state index contributed by atoms with van der Waals surface area (Å²) in [5, 5.41) is 12.8. The van der Waals surface area contributed by atoms with Gasteiger partial charge in [-0.2, -0.15) is 0 Å². The smallest absolute Gasteiger partial charge is 0.270 e. The van der Waals surface area contributed by atoms with Crippen molar-refractivity contribution >= 4 is 40.3 Å². The van der Waals surface area contributed by atoms with Crippen LogP contribution in [0, 0.1) is 10.1 Å². The maximum Gasteiger partial charge on any atom is 0.270 e. The number of nitro groups is 1. The minimum absolute atomic E-state index is 0.0183. The lowest BCUT2D eigenvalue weighted by Gasteiger charge is -2.34. The van der Waals surface area contributed by atoms with Gasteiger partial charge in [-0.3, -0.25) is 10.1 Å². The van der Waals surface area contributed by atoms with Crippen LogP contribution in [-0.4, -0.2) is 25.1 Å².